The normalized spacial score (nSPS) is 11.5. The molecule has 0 saturated carbocycles. The van der Waals surface area contributed by atoms with E-state index in [1.165, 1.54) is 0 Å². The van der Waals surface area contributed by atoms with Gasteiger partial charge in [0.25, 0.3) is 0 Å². The molecule has 0 bridgehead atoms. The molecule has 2 aromatic rings. The van der Waals surface area contributed by atoms with E-state index >= 15 is 0 Å². The zero-order valence-corrected chi connectivity index (χ0v) is 14.8. The summed E-state index contributed by atoms with van der Waals surface area (Å²) in [6.45, 7) is 0.529. The second-order valence-corrected chi connectivity index (χ2v) is 5.72. The smallest absolute Gasteiger partial charge is 0.410 e. The lowest BCUT2D eigenvalue weighted by Crippen LogP contribution is -2.37. The maximum atomic E-state index is 11.9. The molecular weight excluding hydrogens is 372 g/mol. The van der Waals surface area contributed by atoms with Gasteiger partial charge >= 0.3 is 6.09 Å². The van der Waals surface area contributed by atoms with Crippen molar-refractivity contribution in [3.05, 3.63) is 52.5 Å². The summed E-state index contributed by atoms with van der Waals surface area (Å²) < 4.78 is 27.7. The number of hydrogen-bond donors (Lipinski definition) is 1. The summed E-state index contributed by atoms with van der Waals surface area (Å²) in [6, 6.07) is 11.8. The van der Waals surface area contributed by atoms with Crippen LogP contribution >= 0.6 is 23.2 Å². The van der Waals surface area contributed by atoms with Crippen molar-refractivity contribution in [2.45, 2.75) is 13.2 Å². The van der Waals surface area contributed by atoms with Crippen LogP contribution in [0.4, 0.5) is 9.18 Å². The Morgan fingerprint density at radius 3 is 2.64 bits per heavy atom. The van der Waals surface area contributed by atoms with Crippen LogP contribution in [0.3, 0.4) is 0 Å². The number of carbonyl (C=O) groups is 1. The molecule has 0 aromatic heterocycles. The number of alkyl halides is 1. The highest BCUT2D eigenvalue weighted by Crippen LogP contribution is 2.32. The molecule has 0 spiro atoms. The minimum atomic E-state index is -0.776. The van der Waals surface area contributed by atoms with Gasteiger partial charge in [-0.25, -0.2) is 9.18 Å². The van der Waals surface area contributed by atoms with E-state index in [0.29, 0.717) is 27.3 Å². The van der Waals surface area contributed by atoms with E-state index in [9.17, 15) is 9.18 Å². The first-order valence-electron chi connectivity index (χ1n) is 7.37. The van der Waals surface area contributed by atoms with Gasteiger partial charge in [-0.05, 0) is 37.3 Å². The number of ether oxygens (including phenoxy) is 3. The van der Waals surface area contributed by atoms with Crippen molar-refractivity contribution in [2.24, 2.45) is 0 Å². The van der Waals surface area contributed by atoms with Crippen LogP contribution in [0, 0.1) is 0 Å². The van der Waals surface area contributed by atoms with Gasteiger partial charge in [-0.1, -0.05) is 29.3 Å². The molecule has 2 rings (SSSR count). The quantitative estimate of drug-likeness (QED) is 0.662. The lowest BCUT2D eigenvalue weighted by molar-refractivity contribution is 0.111. The highest BCUT2D eigenvalue weighted by molar-refractivity contribution is 6.32. The predicted octanol–water partition coefficient (Wildman–Crippen LogP) is 5.21. The van der Waals surface area contributed by atoms with E-state index in [2.05, 4.69) is 10.1 Å². The summed E-state index contributed by atoms with van der Waals surface area (Å²) in [5.41, 5.74) is 0. The summed E-state index contributed by atoms with van der Waals surface area (Å²) in [5.74, 6) is 1.42. The van der Waals surface area contributed by atoms with Gasteiger partial charge in [-0.2, -0.15) is 0 Å². The molecule has 0 aliphatic carbocycles. The van der Waals surface area contributed by atoms with E-state index in [1.54, 1.807) is 49.4 Å². The van der Waals surface area contributed by atoms with Crippen LogP contribution in [0.5, 0.6) is 17.2 Å². The maximum Gasteiger partial charge on any atom is 0.410 e. The molecule has 8 heteroatoms. The van der Waals surface area contributed by atoms with E-state index in [1.807, 2.05) is 0 Å². The Kier molecular flexibility index (Phi) is 7.16. The second-order valence-electron chi connectivity index (χ2n) is 4.88. The third-order valence-electron chi connectivity index (χ3n) is 2.87. The number of nitrogens with one attached hydrogen (secondary N) is 1. The van der Waals surface area contributed by atoms with Crippen LogP contribution in [-0.4, -0.2) is 25.6 Å². The van der Waals surface area contributed by atoms with Crippen molar-refractivity contribution < 1.29 is 23.4 Å². The van der Waals surface area contributed by atoms with Crippen molar-refractivity contribution in [2.75, 3.05) is 13.3 Å². The third kappa shape index (κ3) is 6.32. The third-order valence-corrected chi connectivity index (χ3v) is 3.40. The van der Waals surface area contributed by atoms with Gasteiger partial charge in [-0.15, -0.1) is 0 Å². The molecule has 0 radical (unpaired) electrons. The molecule has 1 amide bonds. The Morgan fingerprint density at radius 2 is 1.96 bits per heavy atom. The summed E-state index contributed by atoms with van der Waals surface area (Å²) >= 11 is 12.1. The molecule has 1 atom stereocenters. The molecule has 1 N–H and O–H groups in total. The van der Waals surface area contributed by atoms with Crippen LogP contribution in [0.2, 0.25) is 10.0 Å². The van der Waals surface area contributed by atoms with Crippen LogP contribution in [-0.2, 0) is 4.74 Å². The van der Waals surface area contributed by atoms with Gasteiger partial charge < -0.3 is 14.2 Å². The number of halogens is 3. The van der Waals surface area contributed by atoms with Crippen molar-refractivity contribution in [3.8, 4) is 17.2 Å². The Hall–Kier alpha value is -2.18. The van der Waals surface area contributed by atoms with Crippen LogP contribution < -0.4 is 14.8 Å². The molecule has 0 aliphatic heterocycles. The average Bonchev–Trinajstić information content (AvgIpc) is 2.55. The first-order valence-corrected chi connectivity index (χ1v) is 8.12. The number of amides is 1. The summed E-state index contributed by atoms with van der Waals surface area (Å²) in [6.07, 6.45) is -1.49. The zero-order chi connectivity index (χ0) is 18.2. The van der Waals surface area contributed by atoms with Gasteiger partial charge in [0.2, 0.25) is 0 Å². The molecule has 2 aromatic carbocycles. The fraction of sp³-hybridized carbons (Fsp3) is 0.235. The standard InChI is InChI=1S/C17H16Cl2FNO4/c1-11(21-17(22)23-8-7-20)24-16-6-5-14(10-15(16)19)25-13-4-2-3-12(18)9-13/h2-6,9-11H,7-8H2,1H3,(H,21,22). The van der Waals surface area contributed by atoms with E-state index in [4.69, 9.17) is 32.7 Å². The molecule has 134 valence electrons. The predicted molar refractivity (Wildman–Crippen MR) is 93.5 cm³/mol. The monoisotopic (exact) mass is 387 g/mol. The highest BCUT2D eigenvalue weighted by Gasteiger charge is 2.12. The number of alkyl carbamates (subject to hydrolysis) is 1. The summed E-state index contributed by atoms with van der Waals surface area (Å²) in [4.78, 5) is 11.3. The van der Waals surface area contributed by atoms with Gasteiger partial charge in [0, 0.05) is 11.1 Å². The lowest BCUT2D eigenvalue weighted by atomic mass is 10.3. The summed E-state index contributed by atoms with van der Waals surface area (Å²) in [5, 5.41) is 3.25. The molecule has 0 saturated heterocycles. The summed E-state index contributed by atoms with van der Waals surface area (Å²) in [7, 11) is 0. The minimum Gasteiger partial charge on any atom is -0.469 e. The fourth-order valence-electron chi connectivity index (χ4n) is 1.87. The SMILES string of the molecule is CC(NC(=O)OCCF)Oc1ccc(Oc2cccc(Cl)c2)cc1Cl. The fourth-order valence-corrected chi connectivity index (χ4v) is 2.26. The molecule has 0 fully saturated rings. The van der Waals surface area contributed by atoms with Crippen LogP contribution in [0.25, 0.3) is 0 Å². The Balaban J connectivity index is 1.95. The lowest BCUT2D eigenvalue weighted by Gasteiger charge is -2.17. The van der Waals surface area contributed by atoms with Crippen molar-refractivity contribution in [1.82, 2.24) is 5.32 Å². The second kappa shape index (κ2) is 9.34. The number of benzene rings is 2. The average molecular weight is 388 g/mol. The molecule has 0 heterocycles. The topological polar surface area (TPSA) is 56.8 Å². The Bertz CT molecular complexity index is 730. The largest absolute Gasteiger partial charge is 0.469 e. The molecule has 25 heavy (non-hydrogen) atoms. The molecule has 0 aliphatic rings. The minimum absolute atomic E-state index is 0.297. The Morgan fingerprint density at radius 1 is 1.20 bits per heavy atom. The van der Waals surface area contributed by atoms with Crippen LogP contribution in [0.1, 0.15) is 6.92 Å². The van der Waals surface area contributed by atoms with Crippen LogP contribution in [0.15, 0.2) is 42.5 Å². The number of rotatable bonds is 7. The zero-order valence-electron chi connectivity index (χ0n) is 13.3. The van der Waals surface area contributed by atoms with E-state index in [0.717, 1.165) is 0 Å². The molecular formula is C17H16Cl2FNO4. The molecule has 1 unspecified atom stereocenters. The highest BCUT2D eigenvalue weighted by atomic mass is 35.5. The van der Waals surface area contributed by atoms with Gasteiger partial charge in [0.1, 0.15) is 30.5 Å². The van der Waals surface area contributed by atoms with Crippen molar-refractivity contribution in [1.29, 1.82) is 0 Å². The first-order chi connectivity index (χ1) is 12.0. The number of carbonyl (C=O) groups excluding carboxylic acids is 1. The van der Waals surface area contributed by atoms with Gasteiger partial charge in [-0.3, -0.25) is 5.32 Å². The maximum absolute atomic E-state index is 11.9. The Labute approximate surface area is 154 Å². The van der Waals surface area contributed by atoms with Gasteiger partial charge in [0.05, 0.1) is 5.02 Å². The first kappa shape index (κ1) is 19.1. The van der Waals surface area contributed by atoms with Crippen molar-refractivity contribution >= 4 is 29.3 Å². The van der Waals surface area contributed by atoms with Crippen molar-refractivity contribution in [3.63, 3.8) is 0 Å². The molecule has 5 nitrogen and oxygen atoms in total. The number of hydrogen-bond acceptors (Lipinski definition) is 4. The van der Waals surface area contributed by atoms with E-state index in [-0.39, 0.29) is 6.61 Å². The van der Waals surface area contributed by atoms with Gasteiger partial charge in [0.15, 0.2) is 6.23 Å². The van der Waals surface area contributed by atoms with E-state index < -0.39 is 19.0 Å².